The van der Waals surface area contributed by atoms with Gasteiger partial charge in [0.15, 0.2) is 5.54 Å². The van der Waals surface area contributed by atoms with Crippen LogP contribution in [0.25, 0.3) is 0 Å². The molecule has 2 N–H and O–H groups in total. The number of amides is 2. The number of aromatic nitrogens is 1. The second kappa shape index (κ2) is 7.69. The number of nitrogens with one attached hydrogen (secondary N) is 1. The van der Waals surface area contributed by atoms with Gasteiger partial charge in [-0.05, 0) is 37.3 Å². The molecule has 1 aromatic heterocycles. The smallest absolute Gasteiger partial charge is 0.337 e. The predicted octanol–water partition coefficient (Wildman–Crippen LogP) is 1.89. The number of carboxylic acids is 1. The molecule has 0 fully saturated rings. The molecule has 8 nitrogen and oxygen atoms in total. The Balaban J connectivity index is 2.55. The lowest BCUT2D eigenvalue weighted by atomic mass is 9.89. The van der Waals surface area contributed by atoms with Crippen LogP contribution in [-0.4, -0.2) is 56.7 Å². The van der Waals surface area contributed by atoms with Gasteiger partial charge < -0.3 is 15.3 Å². The predicted molar refractivity (Wildman–Crippen MR) is 105 cm³/mol. The number of hydrogen-bond acceptors (Lipinski definition) is 5. The minimum Gasteiger partial charge on any atom is -0.479 e. The first-order chi connectivity index (χ1) is 13.0. The summed E-state index contributed by atoms with van der Waals surface area (Å²) in [5.41, 5.74) is -1.71. The number of rotatable bonds is 7. The molecule has 1 aromatic rings. The van der Waals surface area contributed by atoms with Gasteiger partial charge in [0.1, 0.15) is 11.4 Å². The number of pyridine rings is 1. The highest BCUT2D eigenvalue weighted by molar-refractivity contribution is 6.21. The summed E-state index contributed by atoms with van der Waals surface area (Å²) in [6.45, 7) is 8.95. The third-order valence-corrected chi connectivity index (χ3v) is 5.74. The van der Waals surface area contributed by atoms with Gasteiger partial charge in [-0.1, -0.05) is 27.7 Å². The van der Waals surface area contributed by atoms with Crippen LogP contribution in [0.2, 0.25) is 0 Å². The van der Waals surface area contributed by atoms with Gasteiger partial charge in [-0.15, -0.1) is 0 Å². The molecule has 2 unspecified atom stereocenters. The maximum Gasteiger partial charge on any atom is 0.337 e. The van der Waals surface area contributed by atoms with Crippen LogP contribution in [-0.2, 0) is 16.0 Å². The number of aliphatic carboxylic acids is 1. The van der Waals surface area contributed by atoms with Crippen molar-refractivity contribution in [2.75, 3.05) is 7.05 Å². The highest BCUT2D eigenvalue weighted by Gasteiger charge is 2.54. The zero-order valence-corrected chi connectivity index (χ0v) is 17.2. The molecule has 0 radical (unpaired) electrons. The fraction of sp³-hybridized carbons (Fsp3) is 0.550. The highest BCUT2D eigenvalue weighted by Crippen LogP contribution is 2.32. The zero-order valence-electron chi connectivity index (χ0n) is 17.2. The number of hydrogen-bond donors (Lipinski definition) is 2. The van der Waals surface area contributed by atoms with Gasteiger partial charge in [-0.3, -0.25) is 19.6 Å². The van der Waals surface area contributed by atoms with Crippen molar-refractivity contribution in [3.05, 3.63) is 29.6 Å². The molecular formula is C20H28N4O4. The van der Waals surface area contributed by atoms with E-state index >= 15 is 0 Å². The average molecular weight is 388 g/mol. The summed E-state index contributed by atoms with van der Waals surface area (Å²) < 4.78 is 0. The Morgan fingerprint density at radius 1 is 1.32 bits per heavy atom. The highest BCUT2D eigenvalue weighted by atomic mass is 16.4. The monoisotopic (exact) mass is 388 g/mol. The van der Waals surface area contributed by atoms with Crippen LogP contribution in [0.3, 0.4) is 0 Å². The summed E-state index contributed by atoms with van der Waals surface area (Å²) >= 11 is 0. The molecule has 8 heteroatoms. The molecule has 1 aliphatic heterocycles. The van der Waals surface area contributed by atoms with E-state index in [1.54, 1.807) is 26.1 Å². The van der Waals surface area contributed by atoms with Crippen molar-refractivity contribution in [1.29, 1.82) is 0 Å². The molecule has 0 saturated carbocycles. The van der Waals surface area contributed by atoms with Gasteiger partial charge in [0.05, 0.1) is 5.56 Å². The number of amidine groups is 1. The third-order valence-electron chi connectivity index (χ3n) is 5.74. The van der Waals surface area contributed by atoms with Crippen LogP contribution in [0, 0.1) is 5.92 Å². The van der Waals surface area contributed by atoms with E-state index in [0.717, 1.165) is 10.5 Å². The molecule has 0 saturated heterocycles. The fourth-order valence-corrected chi connectivity index (χ4v) is 3.26. The Morgan fingerprint density at radius 2 is 1.96 bits per heavy atom. The Kier molecular flexibility index (Phi) is 5.91. The van der Waals surface area contributed by atoms with Gasteiger partial charge in [-0.2, -0.15) is 0 Å². The second-order valence-electron chi connectivity index (χ2n) is 7.54. The lowest BCUT2D eigenvalue weighted by Gasteiger charge is -2.37. The molecule has 0 aromatic carbocycles. The molecule has 28 heavy (non-hydrogen) atoms. The number of carboxylic acid groups (broad SMARTS) is 1. The first-order valence-electron chi connectivity index (χ1n) is 9.41. The Morgan fingerprint density at radius 3 is 2.43 bits per heavy atom. The normalized spacial score (nSPS) is 21.1. The van der Waals surface area contributed by atoms with Crippen LogP contribution < -0.4 is 5.32 Å². The van der Waals surface area contributed by atoms with Crippen molar-refractivity contribution in [1.82, 2.24) is 15.2 Å². The molecule has 0 bridgehead atoms. The molecule has 2 heterocycles. The van der Waals surface area contributed by atoms with E-state index < -0.39 is 23.0 Å². The van der Waals surface area contributed by atoms with Crippen molar-refractivity contribution in [3.63, 3.8) is 0 Å². The molecular weight excluding hydrogens is 360 g/mol. The Bertz CT molecular complexity index is 835. The largest absolute Gasteiger partial charge is 0.479 e. The lowest BCUT2D eigenvalue weighted by molar-refractivity contribution is -0.145. The van der Waals surface area contributed by atoms with Crippen LogP contribution in [0.5, 0.6) is 0 Å². The number of carbonyl (C=O) groups excluding carboxylic acids is 2. The van der Waals surface area contributed by atoms with Gasteiger partial charge in [-0.25, -0.2) is 4.79 Å². The molecule has 2 amide bonds. The van der Waals surface area contributed by atoms with E-state index in [2.05, 4.69) is 15.3 Å². The van der Waals surface area contributed by atoms with E-state index in [9.17, 15) is 19.5 Å². The van der Waals surface area contributed by atoms with E-state index in [1.165, 1.54) is 13.2 Å². The van der Waals surface area contributed by atoms with Gasteiger partial charge in [0, 0.05) is 19.4 Å². The Labute approximate surface area is 165 Å². The summed E-state index contributed by atoms with van der Waals surface area (Å²) in [4.78, 5) is 47.7. The van der Waals surface area contributed by atoms with Crippen LogP contribution in [0.15, 0.2) is 23.5 Å². The minimum atomic E-state index is -1.79. The maximum absolute atomic E-state index is 13.1. The first kappa shape index (κ1) is 21.5. The second-order valence-corrected chi connectivity index (χ2v) is 7.54. The molecule has 0 spiro atoms. The number of carbonyl (C=O) groups is 3. The van der Waals surface area contributed by atoms with E-state index in [-0.39, 0.29) is 29.6 Å². The van der Waals surface area contributed by atoms with Crippen molar-refractivity contribution >= 4 is 23.6 Å². The molecule has 1 aliphatic rings. The molecule has 152 valence electrons. The van der Waals surface area contributed by atoms with Crippen molar-refractivity contribution < 1.29 is 19.5 Å². The SMILES string of the molecule is CCc1cncc(C(=O)N(C)C(CC)(C(=O)O)C2=NC(C)(C(C)C)C(=O)N2)c1. The molecule has 0 aliphatic carbocycles. The fourth-order valence-electron chi connectivity index (χ4n) is 3.26. The van der Waals surface area contributed by atoms with Gasteiger partial charge in [0.25, 0.3) is 11.8 Å². The topological polar surface area (TPSA) is 112 Å². The summed E-state index contributed by atoms with van der Waals surface area (Å²) in [7, 11) is 1.41. The van der Waals surface area contributed by atoms with E-state index in [0.29, 0.717) is 6.42 Å². The zero-order chi connectivity index (χ0) is 21.3. The first-order valence-corrected chi connectivity index (χ1v) is 9.41. The third kappa shape index (κ3) is 3.27. The number of aryl methyl sites for hydroxylation is 1. The number of nitrogens with zero attached hydrogens (tertiary/aromatic N) is 3. The summed E-state index contributed by atoms with van der Waals surface area (Å²) in [6.07, 6.45) is 3.81. The van der Waals surface area contributed by atoms with E-state index in [4.69, 9.17) is 0 Å². The summed E-state index contributed by atoms with van der Waals surface area (Å²) in [6, 6.07) is 1.70. The van der Waals surface area contributed by atoms with Crippen molar-refractivity contribution in [3.8, 4) is 0 Å². The molecule has 2 atom stereocenters. The molecule has 2 rings (SSSR count). The summed E-state index contributed by atoms with van der Waals surface area (Å²) in [5, 5.41) is 12.7. The standard InChI is InChI=1S/C20H28N4O4/c1-7-13-9-14(11-21-10-13)15(25)24(6)20(8-2,18(27)28)16-22-17(26)19(5,23-16)12(3)4/h9-12H,7-8H2,1-6H3,(H,27,28)(H,22,23,26). The van der Waals surface area contributed by atoms with Crippen LogP contribution in [0.4, 0.5) is 0 Å². The number of likely N-dealkylation sites (N-methyl/N-ethyl adjacent to an activating group) is 1. The van der Waals surface area contributed by atoms with Gasteiger partial charge >= 0.3 is 5.97 Å². The Hall–Kier alpha value is -2.77. The van der Waals surface area contributed by atoms with Crippen LogP contribution in [0.1, 0.15) is 57.0 Å². The van der Waals surface area contributed by atoms with Gasteiger partial charge in [0.2, 0.25) is 0 Å². The average Bonchev–Trinajstić information content (AvgIpc) is 2.98. The van der Waals surface area contributed by atoms with Crippen molar-refractivity contribution in [2.45, 2.75) is 58.5 Å². The number of aliphatic imine (C=N–C) groups is 1. The maximum atomic E-state index is 13.1. The lowest BCUT2D eigenvalue weighted by Crippen LogP contribution is -2.63. The minimum absolute atomic E-state index is 0.0147. The summed E-state index contributed by atoms with van der Waals surface area (Å²) in [5.74, 6) is -2.27. The van der Waals surface area contributed by atoms with Crippen molar-refractivity contribution in [2.24, 2.45) is 10.9 Å². The van der Waals surface area contributed by atoms with Crippen LogP contribution >= 0.6 is 0 Å². The van der Waals surface area contributed by atoms with E-state index in [1.807, 2.05) is 20.8 Å². The quantitative estimate of drug-likeness (QED) is 0.741.